The van der Waals surface area contributed by atoms with Crippen LogP contribution in [0.2, 0.25) is 0 Å². The summed E-state index contributed by atoms with van der Waals surface area (Å²) < 4.78 is 16.7. The molecule has 0 spiro atoms. The molecule has 0 aliphatic carbocycles. The van der Waals surface area contributed by atoms with E-state index in [-0.39, 0.29) is 36.1 Å². The third-order valence-corrected chi connectivity index (χ3v) is 5.00. The van der Waals surface area contributed by atoms with Gasteiger partial charge in [0.2, 0.25) is 0 Å². The molecule has 2 aliphatic heterocycles. The van der Waals surface area contributed by atoms with Crippen LogP contribution in [-0.2, 0) is 11.3 Å². The molecule has 1 N–H and O–H groups in total. The summed E-state index contributed by atoms with van der Waals surface area (Å²) in [5, 5.41) is 3.44. The van der Waals surface area contributed by atoms with Gasteiger partial charge in [-0.25, -0.2) is 4.79 Å². The number of carbonyl (C=O) groups is 1. The van der Waals surface area contributed by atoms with Gasteiger partial charge in [-0.15, -0.1) is 24.0 Å². The lowest BCUT2D eigenvalue weighted by Gasteiger charge is -2.39. The van der Waals surface area contributed by atoms with Crippen molar-refractivity contribution in [1.82, 2.24) is 15.1 Å². The number of amides is 1. The summed E-state index contributed by atoms with van der Waals surface area (Å²) in [5.41, 5.74) is 0.611. The zero-order chi connectivity index (χ0) is 21.7. The van der Waals surface area contributed by atoms with E-state index in [1.54, 1.807) is 12.0 Å². The number of nitrogens with zero attached hydrogens (tertiary/aromatic N) is 3. The van der Waals surface area contributed by atoms with Gasteiger partial charge in [0, 0.05) is 26.2 Å². The predicted molar refractivity (Wildman–Crippen MR) is 132 cm³/mol. The van der Waals surface area contributed by atoms with Crippen LogP contribution in [0.5, 0.6) is 11.5 Å². The van der Waals surface area contributed by atoms with Crippen LogP contribution in [0.15, 0.2) is 23.2 Å². The van der Waals surface area contributed by atoms with E-state index in [0.717, 1.165) is 36.0 Å². The molecule has 9 heteroatoms. The van der Waals surface area contributed by atoms with Crippen molar-refractivity contribution in [3.05, 3.63) is 23.8 Å². The number of methoxy groups -OCH3 is 1. The zero-order valence-corrected chi connectivity index (χ0v) is 21.5. The number of halogens is 1. The van der Waals surface area contributed by atoms with Crippen LogP contribution < -0.4 is 14.8 Å². The first-order chi connectivity index (χ1) is 14.3. The topological polar surface area (TPSA) is 75.6 Å². The normalized spacial score (nSPS) is 18.0. The van der Waals surface area contributed by atoms with Crippen molar-refractivity contribution in [2.24, 2.45) is 4.99 Å². The van der Waals surface area contributed by atoms with Crippen molar-refractivity contribution in [3.63, 3.8) is 0 Å². The molecule has 8 nitrogen and oxygen atoms in total. The Balaban J connectivity index is 0.00000341. The molecule has 1 saturated heterocycles. The number of guanidine groups is 1. The number of hydrogen-bond acceptors (Lipinski definition) is 7. The lowest BCUT2D eigenvalue weighted by atomic mass is 10.2. The maximum absolute atomic E-state index is 12.4. The fraction of sp³-hybridized carbons (Fsp3) is 0.636. The number of fused-ring (bicyclic) bond motifs is 1. The van der Waals surface area contributed by atoms with Crippen LogP contribution in [0.25, 0.3) is 0 Å². The van der Waals surface area contributed by atoms with E-state index in [1.807, 2.05) is 39.0 Å². The summed E-state index contributed by atoms with van der Waals surface area (Å²) in [4.78, 5) is 21.0. The Hall–Kier alpha value is -1.91. The molecule has 1 aromatic carbocycles. The molecular weight excluding hydrogens is 511 g/mol. The third kappa shape index (κ3) is 6.78. The molecule has 2 heterocycles. The Labute approximate surface area is 202 Å². The fourth-order valence-electron chi connectivity index (χ4n) is 3.56. The van der Waals surface area contributed by atoms with Crippen molar-refractivity contribution in [2.45, 2.75) is 52.3 Å². The highest BCUT2D eigenvalue weighted by Crippen LogP contribution is 2.28. The zero-order valence-electron chi connectivity index (χ0n) is 19.1. The minimum atomic E-state index is -0.481. The van der Waals surface area contributed by atoms with Crippen molar-refractivity contribution in [2.75, 3.05) is 39.9 Å². The molecule has 1 amide bonds. The second-order valence-electron chi connectivity index (χ2n) is 8.63. The number of rotatable bonds is 6. The summed E-state index contributed by atoms with van der Waals surface area (Å²) in [6.45, 7) is 11.7. The standard InChI is InChI=1S/C22H34N4O4.HI/c1-6-11-29-18-8-7-16(12-19(18)28-5)13-23-20-24-14-17-15-25(9-10-26(17)20)21(27)30-22(2,3)4;/h7-8,12,17H,6,9-11,13-15H2,1-5H3,(H,23,24);1H. The van der Waals surface area contributed by atoms with Crippen LogP contribution >= 0.6 is 24.0 Å². The molecule has 0 bridgehead atoms. The van der Waals surface area contributed by atoms with E-state index in [9.17, 15) is 4.79 Å². The van der Waals surface area contributed by atoms with E-state index in [1.165, 1.54) is 0 Å². The summed E-state index contributed by atoms with van der Waals surface area (Å²) in [5.74, 6) is 2.38. The number of benzene rings is 1. The van der Waals surface area contributed by atoms with Crippen LogP contribution in [0.3, 0.4) is 0 Å². The third-order valence-electron chi connectivity index (χ3n) is 5.00. The minimum Gasteiger partial charge on any atom is -0.493 e. The van der Waals surface area contributed by atoms with Gasteiger partial charge in [0.05, 0.1) is 26.3 Å². The molecule has 2 aliphatic rings. The molecule has 1 fully saturated rings. The summed E-state index contributed by atoms with van der Waals surface area (Å²) in [7, 11) is 1.65. The molecule has 1 unspecified atom stereocenters. The number of carbonyl (C=O) groups excluding carboxylic acids is 1. The molecule has 0 saturated carbocycles. The van der Waals surface area contributed by atoms with Crippen molar-refractivity contribution < 1.29 is 19.0 Å². The average molecular weight is 546 g/mol. The quantitative estimate of drug-likeness (QED) is 0.551. The van der Waals surface area contributed by atoms with Gasteiger partial charge >= 0.3 is 6.09 Å². The molecule has 0 radical (unpaired) electrons. The van der Waals surface area contributed by atoms with E-state index < -0.39 is 5.60 Å². The van der Waals surface area contributed by atoms with Gasteiger partial charge in [0.15, 0.2) is 17.5 Å². The summed E-state index contributed by atoms with van der Waals surface area (Å²) >= 11 is 0. The van der Waals surface area contributed by atoms with Gasteiger partial charge in [-0.1, -0.05) is 13.0 Å². The highest BCUT2D eigenvalue weighted by molar-refractivity contribution is 14.0. The number of hydrogen-bond donors (Lipinski definition) is 1. The highest BCUT2D eigenvalue weighted by Gasteiger charge is 2.36. The Morgan fingerprint density at radius 2 is 2.03 bits per heavy atom. The lowest BCUT2D eigenvalue weighted by Crippen LogP contribution is -2.57. The van der Waals surface area contributed by atoms with Crippen LogP contribution in [-0.4, -0.2) is 73.4 Å². The van der Waals surface area contributed by atoms with Gasteiger partial charge in [0.1, 0.15) is 5.60 Å². The van der Waals surface area contributed by atoms with E-state index >= 15 is 0 Å². The average Bonchev–Trinajstić information content (AvgIpc) is 3.12. The molecule has 31 heavy (non-hydrogen) atoms. The molecule has 174 valence electrons. The molecule has 3 rings (SSSR count). The summed E-state index contributed by atoms with van der Waals surface area (Å²) in [6.07, 6.45) is 0.704. The Kier molecular flexibility index (Phi) is 9.08. The highest BCUT2D eigenvalue weighted by atomic mass is 127. The predicted octanol–water partition coefficient (Wildman–Crippen LogP) is 3.48. The van der Waals surface area contributed by atoms with Gasteiger partial charge in [-0.2, -0.15) is 0 Å². The summed E-state index contributed by atoms with van der Waals surface area (Å²) in [6, 6.07) is 6.16. The maximum Gasteiger partial charge on any atom is 0.410 e. The van der Waals surface area contributed by atoms with Gasteiger partial charge in [-0.3, -0.25) is 4.99 Å². The number of nitrogens with one attached hydrogen (secondary N) is 1. The molecular formula is C22H35IN4O4. The number of piperazine rings is 1. The van der Waals surface area contributed by atoms with Crippen molar-refractivity contribution in [3.8, 4) is 11.5 Å². The Morgan fingerprint density at radius 3 is 2.71 bits per heavy atom. The van der Waals surface area contributed by atoms with Gasteiger partial charge in [0.25, 0.3) is 0 Å². The number of aliphatic imine (C=N–C) groups is 1. The first-order valence-electron chi connectivity index (χ1n) is 10.6. The SMILES string of the molecule is CCCOc1ccc(CNC2=NCC3CN(C(=O)OC(C)(C)C)CCN23)cc1OC.I. The number of ether oxygens (including phenoxy) is 3. The van der Waals surface area contributed by atoms with Crippen molar-refractivity contribution >= 4 is 36.0 Å². The second kappa shape index (κ2) is 11.1. The molecule has 1 aromatic rings. The van der Waals surface area contributed by atoms with E-state index in [4.69, 9.17) is 14.2 Å². The van der Waals surface area contributed by atoms with E-state index in [2.05, 4.69) is 22.1 Å². The second-order valence-corrected chi connectivity index (χ2v) is 8.63. The minimum absolute atomic E-state index is 0. The van der Waals surface area contributed by atoms with Crippen LogP contribution in [0.1, 0.15) is 39.7 Å². The molecule has 0 aromatic heterocycles. The maximum atomic E-state index is 12.4. The van der Waals surface area contributed by atoms with Gasteiger partial charge in [-0.05, 0) is 44.9 Å². The Bertz CT molecular complexity index is 781. The smallest absolute Gasteiger partial charge is 0.410 e. The Morgan fingerprint density at radius 1 is 1.26 bits per heavy atom. The first-order valence-corrected chi connectivity index (χ1v) is 10.6. The fourth-order valence-corrected chi connectivity index (χ4v) is 3.56. The van der Waals surface area contributed by atoms with Gasteiger partial charge < -0.3 is 29.3 Å². The van der Waals surface area contributed by atoms with Crippen molar-refractivity contribution in [1.29, 1.82) is 0 Å². The largest absolute Gasteiger partial charge is 0.493 e. The van der Waals surface area contributed by atoms with Crippen LogP contribution in [0, 0.1) is 0 Å². The van der Waals surface area contributed by atoms with E-state index in [0.29, 0.717) is 32.8 Å². The monoisotopic (exact) mass is 546 g/mol. The molecule has 1 atom stereocenters. The first kappa shape index (κ1) is 25.4. The lowest BCUT2D eigenvalue weighted by molar-refractivity contribution is 0.0137. The van der Waals surface area contributed by atoms with Crippen LogP contribution in [0.4, 0.5) is 4.79 Å².